The lowest BCUT2D eigenvalue weighted by atomic mass is 10.2. The van der Waals surface area contributed by atoms with Gasteiger partial charge in [0.25, 0.3) is 10.0 Å². The highest BCUT2D eigenvalue weighted by atomic mass is 32.2. The third-order valence-corrected chi connectivity index (χ3v) is 4.03. The molecule has 1 aromatic carbocycles. The van der Waals surface area contributed by atoms with E-state index in [1.807, 2.05) is 19.1 Å². The lowest BCUT2D eigenvalue weighted by molar-refractivity contribution is 0.601. The molecule has 102 valence electrons. The van der Waals surface area contributed by atoms with Crippen LogP contribution >= 0.6 is 0 Å². The van der Waals surface area contributed by atoms with Gasteiger partial charge in [-0.15, -0.1) is 0 Å². The van der Waals surface area contributed by atoms with Crippen LogP contribution in [0.4, 0.5) is 5.82 Å². The minimum atomic E-state index is -3.73. The normalized spacial score (nSPS) is 10.8. The van der Waals surface area contributed by atoms with Crippen molar-refractivity contribution in [3.05, 3.63) is 53.7 Å². The van der Waals surface area contributed by atoms with Crippen LogP contribution in [0.25, 0.3) is 0 Å². The number of aromatic nitrogens is 1. The molecule has 0 atom stereocenters. The number of hydrogen-bond acceptors (Lipinski definition) is 4. The van der Waals surface area contributed by atoms with E-state index in [1.165, 1.54) is 18.2 Å². The van der Waals surface area contributed by atoms with Gasteiger partial charge in [-0.3, -0.25) is 4.72 Å². The molecule has 0 amide bonds. The Bertz CT molecular complexity index is 764. The molecule has 0 unspecified atom stereocenters. The number of nitrogens with zero attached hydrogens (tertiary/aromatic N) is 2. The summed E-state index contributed by atoms with van der Waals surface area (Å²) >= 11 is 0. The highest BCUT2D eigenvalue weighted by Gasteiger charge is 2.15. The number of anilines is 1. The van der Waals surface area contributed by atoms with Gasteiger partial charge in [-0.1, -0.05) is 19.1 Å². The van der Waals surface area contributed by atoms with E-state index in [-0.39, 0.29) is 10.7 Å². The van der Waals surface area contributed by atoms with Crippen LogP contribution in [0.3, 0.4) is 0 Å². The smallest absolute Gasteiger partial charge is 0.263 e. The quantitative estimate of drug-likeness (QED) is 0.935. The topological polar surface area (TPSA) is 82.9 Å². The fourth-order valence-corrected chi connectivity index (χ4v) is 2.71. The Morgan fingerprint density at radius 3 is 2.70 bits per heavy atom. The van der Waals surface area contributed by atoms with Crippen molar-refractivity contribution in [1.82, 2.24) is 4.98 Å². The predicted octanol–water partition coefficient (Wildman–Crippen LogP) is 2.32. The zero-order valence-corrected chi connectivity index (χ0v) is 11.7. The van der Waals surface area contributed by atoms with Gasteiger partial charge in [-0.25, -0.2) is 13.4 Å². The van der Waals surface area contributed by atoms with Crippen molar-refractivity contribution in [3.8, 4) is 6.07 Å². The summed E-state index contributed by atoms with van der Waals surface area (Å²) in [5, 5.41) is 8.81. The van der Waals surface area contributed by atoms with Gasteiger partial charge >= 0.3 is 0 Å². The van der Waals surface area contributed by atoms with Gasteiger partial charge in [0, 0.05) is 5.69 Å². The lowest BCUT2D eigenvalue weighted by Gasteiger charge is -2.08. The number of aryl methyl sites for hydroxylation is 1. The van der Waals surface area contributed by atoms with Crippen molar-refractivity contribution in [2.75, 3.05) is 4.72 Å². The van der Waals surface area contributed by atoms with Crippen LogP contribution in [0.5, 0.6) is 0 Å². The Balaban J connectivity index is 2.33. The standard InChI is InChI=1S/C14H13N3O2S/c1-2-12-6-4-8-14(16-12)17-20(18,19)13-7-3-5-11(9-13)10-15/h3-9H,2H2,1H3,(H,16,17). The maximum Gasteiger partial charge on any atom is 0.263 e. The molecule has 2 rings (SSSR count). The fourth-order valence-electron chi connectivity index (χ4n) is 1.66. The zero-order chi connectivity index (χ0) is 14.6. The molecule has 0 bridgehead atoms. The average molecular weight is 287 g/mol. The number of sulfonamides is 1. The monoisotopic (exact) mass is 287 g/mol. The third-order valence-electron chi connectivity index (χ3n) is 2.68. The molecule has 1 N–H and O–H groups in total. The van der Waals surface area contributed by atoms with Crippen LogP contribution in [-0.2, 0) is 16.4 Å². The first-order valence-electron chi connectivity index (χ1n) is 6.04. The summed E-state index contributed by atoms with van der Waals surface area (Å²) < 4.78 is 26.8. The van der Waals surface area contributed by atoms with Crippen molar-refractivity contribution in [2.24, 2.45) is 0 Å². The van der Waals surface area contributed by atoms with Crippen molar-refractivity contribution in [2.45, 2.75) is 18.2 Å². The van der Waals surface area contributed by atoms with Crippen molar-refractivity contribution in [1.29, 1.82) is 5.26 Å². The molecule has 1 aromatic heterocycles. The molecular formula is C14H13N3O2S. The van der Waals surface area contributed by atoms with Crippen LogP contribution in [0.15, 0.2) is 47.4 Å². The van der Waals surface area contributed by atoms with Gasteiger partial charge in [-0.05, 0) is 36.8 Å². The van der Waals surface area contributed by atoms with E-state index >= 15 is 0 Å². The lowest BCUT2D eigenvalue weighted by Crippen LogP contribution is -2.14. The molecule has 0 radical (unpaired) electrons. The summed E-state index contributed by atoms with van der Waals surface area (Å²) in [6.07, 6.45) is 0.722. The van der Waals surface area contributed by atoms with Crippen LogP contribution < -0.4 is 4.72 Å². The number of benzene rings is 1. The Morgan fingerprint density at radius 2 is 2.00 bits per heavy atom. The summed E-state index contributed by atoms with van der Waals surface area (Å²) in [5.74, 6) is 0.270. The van der Waals surface area contributed by atoms with Gasteiger partial charge < -0.3 is 0 Å². The van der Waals surface area contributed by atoms with Gasteiger partial charge in [0.2, 0.25) is 0 Å². The van der Waals surface area contributed by atoms with Crippen molar-refractivity contribution in [3.63, 3.8) is 0 Å². The van der Waals surface area contributed by atoms with E-state index in [0.29, 0.717) is 5.56 Å². The summed E-state index contributed by atoms with van der Waals surface area (Å²) in [5.41, 5.74) is 1.10. The summed E-state index contributed by atoms with van der Waals surface area (Å²) in [7, 11) is -3.73. The van der Waals surface area contributed by atoms with E-state index in [1.54, 1.807) is 18.2 Å². The van der Waals surface area contributed by atoms with E-state index in [0.717, 1.165) is 12.1 Å². The molecule has 0 aliphatic rings. The molecule has 20 heavy (non-hydrogen) atoms. The molecule has 0 fully saturated rings. The first-order valence-corrected chi connectivity index (χ1v) is 7.52. The van der Waals surface area contributed by atoms with Gasteiger partial charge in [0.05, 0.1) is 16.5 Å². The first kappa shape index (κ1) is 14.0. The molecule has 2 aromatic rings. The number of hydrogen-bond donors (Lipinski definition) is 1. The van der Waals surface area contributed by atoms with Gasteiger partial charge in [-0.2, -0.15) is 5.26 Å². The number of pyridine rings is 1. The zero-order valence-electron chi connectivity index (χ0n) is 10.9. The van der Waals surface area contributed by atoms with E-state index in [2.05, 4.69) is 9.71 Å². The largest absolute Gasteiger partial charge is 0.263 e. The van der Waals surface area contributed by atoms with Gasteiger partial charge in [0.15, 0.2) is 0 Å². The second-order valence-corrected chi connectivity index (χ2v) is 5.80. The van der Waals surface area contributed by atoms with Crippen molar-refractivity contribution >= 4 is 15.8 Å². The fraction of sp³-hybridized carbons (Fsp3) is 0.143. The van der Waals surface area contributed by atoms with E-state index in [4.69, 9.17) is 5.26 Å². The average Bonchev–Trinajstić information content (AvgIpc) is 2.47. The maximum atomic E-state index is 12.2. The first-order chi connectivity index (χ1) is 9.55. The van der Waals surface area contributed by atoms with Crippen LogP contribution in [0.1, 0.15) is 18.2 Å². The van der Waals surface area contributed by atoms with Crippen LogP contribution in [0.2, 0.25) is 0 Å². The minimum Gasteiger partial charge on any atom is -0.263 e. The second-order valence-electron chi connectivity index (χ2n) is 4.11. The highest BCUT2D eigenvalue weighted by Crippen LogP contribution is 2.16. The second kappa shape index (κ2) is 5.72. The third kappa shape index (κ3) is 3.13. The molecule has 0 aliphatic carbocycles. The van der Waals surface area contributed by atoms with Crippen molar-refractivity contribution < 1.29 is 8.42 Å². The Hall–Kier alpha value is -2.39. The van der Waals surface area contributed by atoms with E-state index < -0.39 is 10.0 Å². The molecule has 6 heteroatoms. The van der Waals surface area contributed by atoms with E-state index in [9.17, 15) is 8.42 Å². The Kier molecular flexibility index (Phi) is 4.01. The number of nitriles is 1. The predicted molar refractivity (Wildman–Crippen MR) is 75.6 cm³/mol. The summed E-state index contributed by atoms with van der Waals surface area (Å²) in [6.45, 7) is 1.94. The molecule has 1 heterocycles. The van der Waals surface area contributed by atoms with Gasteiger partial charge in [0.1, 0.15) is 5.82 Å². The minimum absolute atomic E-state index is 0.0419. The molecule has 0 saturated heterocycles. The molecule has 0 aliphatic heterocycles. The maximum absolute atomic E-state index is 12.2. The molecular weight excluding hydrogens is 274 g/mol. The highest BCUT2D eigenvalue weighted by molar-refractivity contribution is 7.92. The van der Waals surface area contributed by atoms with Crippen LogP contribution in [0, 0.1) is 11.3 Å². The molecule has 0 spiro atoms. The van der Waals surface area contributed by atoms with Crippen LogP contribution in [-0.4, -0.2) is 13.4 Å². The number of rotatable bonds is 4. The molecule has 5 nitrogen and oxygen atoms in total. The Morgan fingerprint density at radius 1 is 1.25 bits per heavy atom. The molecule has 0 saturated carbocycles. The SMILES string of the molecule is CCc1cccc(NS(=O)(=O)c2cccc(C#N)c2)n1. The summed E-state index contributed by atoms with van der Waals surface area (Å²) in [6, 6.07) is 12.9. The summed E-state index contributed by atoms with van der Waals surface area (Å²) in [4.78, 5) is 4.23. The Labute approximate surface area is 118 Å². The number of nitrogens with one attached hydrogen (secondary N) is 1.